The third-order valence-corrected chi connectivity index (χ3v) is 8.47. The fraction of sp³-hybridized carbons (Fsp3) is 0.385. The summed E-state index contributed by atoms with van der Waals surface area (Å²) in [6, 6.07) is 13.8. The van der Waals surface area contributed by atoms with Crippen molar-refractivity contribution in [3.8, 4) is 10.9 Å². The van der Waals surface area contributed by atoms with Gasteiger partial charge in [0.05, 0.1) is 15.8 Å². The molecule has 0 amide bonds. The summed E-state index contributed by atoms with van der Waals surface area (Å²) in [5.74, 6) is 1.99. The molecule has 3 aromatic rings. The van der Waals surface area contributed by atoms with Crippen molar-refractivity contribution in [1.82, 2.24) is 4.98 Å². The van der Waals surface area contributed by atoms with E-state index in [-0.39, 0.29) is 17.6 Å². The molecule has 2 aromatic carbocycles. The average molecular weight is 432 g/mol. The monoisotopic (exact) mass is 431 g/mol. The summed E-state index contributed by atoms with van der Waals surface area (Å²) in [5.41, 5.74) is 3.36. The van der Waals surface area contributed by atoms with Crippen molar-refractivity contribution in [3.05, 3.63) is 59.4 Å². The molecule has 7 rings (SSSR count). The average Bonchev–Trinajstić information content (AvgIpc) is 3.33. The first-order valence-corrected chi connectivity index (χ1v) is 12.1. The van der Waals surface area contributed by atoms with Gasteiger partial charge in [-0.2, -0.15) is 0 Å². The van der Waals surface area contributed by atoms with Crippen molar-refractivity contribution in [3.63, 3.8) is 0 Å². The first kappa shape index (κ1) is 19.1. The number of Topliss-reactive ketones (excluding diaryl/α,β-unsaturated/α-hetero) is 1. The minimum absolute atomic E-state index is 0.0218. The van der Waals surface area contributed by atoms with Gasteiger partial charge >= 0.3 is 0 Å². The van der Waals surface area contributed by atoms with Crippen molar-refractivity contribution < 1.29 is 14.6 Å². The van der Waals surface area contributed by atoms with Crippen LogP contribution in [0.2, 0.25) is 0 Å². The number of aryl methyl sites for hydroxylation is 1. The minimum Gasteiger partial charge on any atom is -0.511 e. The Balaban J connectivity index is 1.39. The largest absolute Gasteiger partial charge is 0.511 e. The van der Waals surface area contributed by atoms with E-state index in [1.807, 2.05) is 42.5 Å². The molecule has 158 valence electrons. The third kappa shape index (κ3) is 2.93. The van der Waals surface area contributed by atoms with Crippen molar-refractivity contribution in [1.29, 1.82) is 0 Å². The lowest BCUT2D eigenvalue weighted by atomic mass is 9.59. The van der Waals surface area contributed by atoms with Crippen LogP contribution in [0.15, 0.2) is 48.2 Å². The number of ketones is 1. The number of hydrogen-bond acceptors (Lipinski definition) is 5. The van der Waals surface area contributed by atoms with E-state index in [0.29, 0.717) is 34.1 Å². The molecular weight excluding hydrogens is 406 g/mol. The number of carbonyl (C=O) groups is 1. The highest BCUT2D eigenvalue weighted by Gasteiger charge is 2.54. The summed E-state index contributed by atoms with van der Waals surface area (Å²) in [4.78, 5) is 18.1. The van der Waals surface area contributed by atoms with Crippen LogP contribution in [0.3, 0.4) is 0 Å². The normalized spacial score (nSPS) is 27.2. The van der Waals surface area contributed by atoms with Gasteiger partial charge in [-0.25, -0.2) is 4.98 Å². The molecule has 4 nitrogen and oxygen atoms in total. The fourth-order valence-corrected chi connectivity index (χ4v) is 6.94. The van der Waals surface area contributed by atoms with Crippen molar-refractivity contribution in [2.24, 2.45) is 23.7 Å². The van der Waals surface area contributed by atoms with E-state index in [1.165, 1.54) is 11.3 Å². The van der Waals surface area contributed by atoms with E-state index < -0.39 is 0 Å². The minimum atomic E-state index is -0.0268. The quantitative estimate of drug-likeness (QED) is 0.508. The van der Waals surface area contributed by atoms with Gasteiger partial charge in [0.1, 0.15) is 11.5 Å². The molecule has 3 fully saturated rings. The van der Waals surface area contributed by atoms with Gasteiger partial charge in [-0.3, -0.25) is 4.79 Å². The Bertz CT molecular complexity index is 1190. The van der Waals surface area contributed by atoms with Gasteiger partial charge in [0.25, 0.3) is 5.19 Å². The number of fused-ring (bicyclic) bond motifs is 3. The van der Waals surface area contributed by atoms with Crippen LogP contribution in [0.5, 0.6) is 10.9 Å². The maximum absolute atomic E-state index is 13.5. The van der Waals surface area contributed by atoms with Gasteiger partial charge in [0, 0.05) is 11.8 Å². The molecule has 31 heavy (non-hydrogen) atoms. The number of aliphatic hydroxyl groups is 1. The van der Waals surface area contributed by atoms with Crippen LogP contribution in [-0.4, -0.2) is 15.9 Å². The summed E-state index contributed by atoms with van der Waals surface area (Å²) in [5, 5.41) is 11.8. The molecule has 0 saturated heterocycles. The van der Waals surface area contributed by atoms with Gasteiger partial charge < -0.3 is 9.84 Å². The SMILES string of the molecule is CCc1ccc(Oc2nc3ccccc3s2)cc1C1=C(O)C2C(C1=O)[C@H]1CC[C@@H]2CC1. The van der Waals surface area contributed by atoms with Crippen LogP contribution < -0.4 is 4.74 Å². The Morgan fingerprint density at radius 1 is 1.06 bits per heavy atom. The summed E-state index contributed by atoms with van der Waals surface area (Å²) >= 11 is 1.50. The molecule has 4 aliphatic rings. The lowest BCUT2D eigenvalue weighted by Crippen LogP contribution is -2.41. The number of nitrogens with zero attached hydrogens (tertiary/aromatic N) is 1. The van der Waals surface area contributed by atoms with E-state index in [2.05, 4.69) is 11.9 Å². The second kappa shape index (κ2) is 7.20. The van der Waals surface area contributed by atoms with E-state index >= 15 is 0 Å². The Morgan fingerprint density at radius 2 is 1.81 bits per heavy atom. The molecule has 0 radical (unpaired) electrons. The number of ether oxygens (including phenoxy) is 1. The number of aliphatic hydroxyl groups excluding tert-OH is 1. The number of para-hydroxylation sites is 1. The smallest absolute Gasteiger partial charge is 0.279 e. The maximum atomic E-state index is 13.5. The van der Waals surface area contributed by atoms with Crippen molar-refractivity contribution in [2.75, 3.05) is 0 Å². The number of hydrogen-bond donors (Lipinski definition) is 1. The molecule has 0 spiro atoms. The topological polar surface area (TPSA) is 59.4 Å². The maximum Gasteiger partial charge on any atom is 0.279 e. The second-order valence-corrected chi connectivity index (χ2v) is 10.1. The van der Waals surface area contributed by atoms with Gasteiger partial charge in [-0.1, -0.05) is 36.5 Å². The Morgan fingerprint density at radius 3 is 2.52 bits per heavy atom. The van der Waals surface area contributed by atoms with Crippen LogP contribution in [0, 0.1) is 23.7 Å². The zero-order chi connectivity index (χ0) is 21.1. The van der Waals surface area contributed by atoms with Crippen LogP contribution in [0.4, 0.5) is 0 Å². The fourth-order valence-electron chi connectivity index (χ4n) is 6.11. The zero-order valence-electron chi connectivity index (χ0n) is 17.5. The highest BCUT2D eigenvalue weighted by molar-refractivity contribution is 7.20. The summed E-state index contributed by atoms with van der Waals surface area (Å²) in [6.07, 6.45) is 5.32. The molecule has 1 N–H and O–H groups in total. The number of thiazole rings is 1. The molecule has 1 heterocycles. The lowest BCUT2D eigenvalue weighted by Gasteiger charge is -2.44. The number of allylic oxidation sites excluding steroid dienone is 2. The molecule has 2 atom stereocenters. The lowest BCUT2D eigenvalue weighted by molar-refractivity contribution is -0.123. The van der Waals surface area contributed by atoms with Crippen molar-refractivity contribution >= 4 is 32.9 Å². The first-order valence-electron chi connectivity index (χ1n) is 11.3. The summed E-state index contributed by atoms with van der Waals surface area (Å²) in [7, 11) is 0. The summed E-state index contributed by atoms with van der Waals surface area (Å²) < 4.78 is 7.18. The van der Waals surface area contributed by atoms with Crippen LogP contribution in [0.25, 0.3) is 15.8 Å². The van der Waals surface area contributed by atoms with E-state index in [1.54, 1.807) is 0 Å². The molecule has 0 aliphatic heterocycles. The van der Waals surface area contributed by atoms with E-state index in [9.17, 15) is 9.90 Å². The highest BCUT2D eigenvalue weighted by Crippen LogP contribution is 2.57. The van der Waals surface area contributed by atoms with Gasteiger partial charge in [-0.15, -0.1) is 0 Å². The van der Waals surface area contributed by atoms with Crippen LogP contribution >= 0.6 is 11.3 Å². The molecule has 2 bridgehead atoms. The Labute approximate surface area is 185 Å². The molecule has 1 aromatic heterocycles. The number of benzene rings is 2. The highest BCUT2D eigenvalue weighted by atomic mass is 32.1. The van der Waals surface area contributed by atoms with E-state index in [0.717, 1.165) is 53.4 Å². The molecule has 5 heteroatoms. The molecule has 2 unspecified atom stereocenters. The third-order valence-electron chi connectivity index (χ3n) is 7.55. The van der Waals surface area contributed by atoms with Gasteiger partial charge in [0.15, 0.2) is 5.78 Å². The van der Waals surface area contributed by atoms with Crippen LogP contribution in [0.1, 0.15) is 43.7 Å². The molecular formula is C26H25NO3S. The summed E-state index contributed by atoms with van der Waals surface area (Å²) in [6.45, 7) is 2.08. The van der Waals surface area contributed by atoms with Crippen LogP contribution in [-0.2, 0) is 11.2 Å². The Kier molecular flexibility index (Phi) is 4.42. The van der Waals surface area contributed by atoms with Gasteiger partial charge in [-0.05, 0) is 79.3 Å². The predicted octanol–water partition coefficient (Wildman–Crippen LogP) is 6.56. The van der Waals surface area contributed by atoms with E-state index in [4.69, 9.17) is 4.74 Å². The molecule has 3 saturated carbocycles. The molecule has 4 aliphatic carbocycles. The second-order valence-electron chi connectivity index (χ2n) is 9.07. The van der Waals surface area contributed by atoms with Crippen molar-refractivity contribution in [2.45, 2.75) is 39.0 Å². The predicted molar refractivity (Wildman–Crippen MR) is 122 cm³/mol. The number of carbonyl (C=O) groups excluding carboxylic acids is 1. The standard InChI is InChI=1S/C26H25NO3S/c1-2-14-11-12-17(30-26-27-19-5-3-4-6-20(19)31-26)13-18(14)23-24(28)21-15-7-8-16(10-9-15)22(21)25(23)29/h3-6,11-13,15-16,21-22,28H,2,7-10H2,1H3/t15-,16+,21?,22?. The Hall–Kier alpha value is -2.66. The first-order chi connectivity index (χ1) is 15.1. The number of rotatable bonds is 4. The van der Waals surface area contributed by atoms with Gasteiger partial charge in [0.2, 0.25) is 0 Å². The zero-order valence-corrected chi connectivity index (χ0v) is 18.3. The number of aromatic nitrogens is 1.